The quantitative estimate of drug-likeness (QED) is 0.534. The molecule has 66 valence electrons. The lowest BCUT2D eigenvalue weighted by Crippen LogP contribution is -2.49. The third kappa shape index (κ3) is 7.36. The van der Waals surface area contributed by atoms with E-state index in [-0.39, 0.29) is 5.76 Å². The van der Waals surface area contributed by atoms with Crippen LogP contribution < -0.4 is 16.2 Å². The van der Waals surface area contributed by atoms with Crippen molar-refractivity contribution in [3.8, 4) is 0 Å². The van der Waals surface area contributed by atoms with Crippen molar-refractivity contribution in [2.45, 2.75) is 19.8 Å². The van der Waals surface area contributed by atoms with Crippen molar-refractivity contribution in [3.05, 3.63) is 11.8 Å². The standard InChI is InChI=1S/C4H7NO.C4H11N/c6-4-1-2-5-3-4;1-2-3-4-5/h1,5-6H,2-3H2;2-5H2,1H3. The topological polar surface area (TPSA) is 62.7 Å². The maximum absolute atomic E-state index is 10.1. The van der Waals surface area contributed by atoms with E-state index in [0.717, 1.165) is 13.1 Å². The zero-order valence-corrected chi connectivity index (χ0v) is 7.23. The molecule has 0 aliphatic carbocycles. The molecule has 0 aromatic heterocycles. The van der Waals surface area contributed by atoms with Crippen molar-refractivity contribution in [2.75, 3.05) is 19.6 Å². The Hall–Kier alpha value is -0.540. The minimum absolute atomic E-state index is 0.218. The van der Waals surface area contributed by atoms with Gasteiger partial charge < -0.3 is 16.2 Å². The van der Waals surface area contributed by atoms with Gasteiger partial charge in [-0.3, -0.25) is 0 Å². The summed E-state index contributed by atoms with van der Waals surface area (Å²) in [7, 11) is 0. The van der Waals surface area contributed by atoms with Crippen molar-refractivity contribution in [1.82, 2.24) is 5.32 Å². The van der Waals surface area contributed by atoms with E-state index in [0.29, 0.717) is 6.54 Å². The molecule has 1 rings (SSSR count). The minimum Gasteiger partial charge on any atom is -0.875 e. The van der Waals surface area contributed by atoms with E-state index in [1.54, 1.807) is 6.08 Å². The summed E-state index contributed by atoms with van der Waals surface area (Å²) in [5, 5.41) is 13.0. The van der Waals surface area contributed by atoms with Gasteiger partial charge in [0.1, 0.15) is 0 Å². The number of hydrogen-bond donors (Lipinski definition) is 2. The molecular weight excluding hydrogens is 140 g/mol. The maximum Gasteiger partial charge on any atom is 0.0739 e. The number of nitrogens with one attached hydrogen (secondary N) is 1. The number of unbranched alkanes of at least 4 members (excludes halogenated alkanes) is 1. The lowest BCUT2D eigenvalue weighted by molar-refractivity contribution is -0.368. The third-order valence-corrected chi connectivity index (χ3v) is 1.38. The van der Waals surface area contributed by atoms with E-state index in [9.17, 15) is 5.11 Å². The molecule has 4 N–H and O–H groups in total. The molecule has 0 unspecified atom stereocenters. The molecule has 3 heteroatoms. The second-order valence-corrected chi connectivity index (χ2v) is 2.51. The molecule has 0 saturated carbocycles. The molecule has 11 heavy (non-hydrogen) atoms. The van der Waals surface area contributed by atoms with Crippen molar-refractivity contribution >= 4 is 0 Å². The predicted molar refractivity (Wildman–Crippen MR) is 43.6 cm³/mol. The summed E-state index contributed by atoms with van der Waals surface area (Å²) in [4.78, 5) is 0. The molecule has 0 aromatic carbocycles. The van der Waals surface area contributed by atoms with Crippen LogP contribution in [0.25, 0.3) is 0 Å². The largest absolute Gasteiger partial charge is 0.875 e. The fourth-order valence-electron chi connectivity index (χ4n) is 0.704. The van der Waals surface area contributed by atoms with Crippen molar-refractivity contribution in [3.63, 3.8) is 0 Å². The molecule has 3 nitrogen and oxygen atoms in total. The number of quaternary nitrogens is 1. The lowest BCUT2D eigenvalue weighted by atomic mass is 10.3. The Morgan fingerprint density at radius 3 is 2.55 bits per heavy atom. The van der Waals surface area contributed by atoms with Crippen LogP contribution in [0, 0.1) is 0 Å². The van der Waals surface area contributed by atoms with Crippen molar-refractivity contribution < 1.29 is 10.8 Å². The lowest BCUT2D eigenvalue weighted by Gasteiger charge is -1.99. The Bertz CT molecular complexity index is 111. The molecule has 0 spiro atoms. The van der Waals surface area contributed by atoms with E-state index in [2.05, 4.69) is 18.0 Å². The van der Waals surface area contributed by atoms with Crippen LogP contribution >= 0.6 is 0 Å². The van der Waals surface area contributed by atoms with Gasteiger partial charge in [0.25, 0.3) is 0 Å². The third-order valence-electron chi connectivity index (χ3n) is 1.38. The van der Waals surface area contributed by atoms with E-state index in [4.69, 9.17) is 0 Å². The Kier molecular flexibility index (Phi) is 7.19. The SMILES string of the molecule is CCCC[NH3+].[O-]C1=CCNC1. The Labute approximate surface area is 68.3 Å². The maximum atomic E-state index is 10.1. The molecule has 0 bridgehead atoms. The van der Waals surface area contributed by atoms with Crippen LogP contribution in [0.15, 0.2) is 11.8 Å². The van der Waals surface area contributed by atoms with Gasteiger partial charge in [0.05, 0.1) is 6.54 Å². The van der Waals surface area contributed by atoms with Crippen LogP contribution in [-0.2, 0) is 0 Å². The first kappa shape index (κ1) is 10.5. The highest BCUT2D eigenvalue weighted by Crippen LogP contribution is 1.84. The Morgan fingerprint density at radius 1 is 1.73 bits per heavy atom. The smallest absolute Gasteiger partial charge is 0.0739 e. The second kappa shape index (κ2) is 7.57. The van der Waals surface area contributed by atoms with E-state index in [1.165, 1.54) is 12.8 Å². The molecule has 1 heterocycles. The Morgan fingerprint density at radius 2 is 2.45 bits per heavy atom. The zero-order chi connectivity index (χ0) is 8.53. The molecule has 0 saturated heterocycles. The van der Waals surface area contributed by atoms with Crippen LogP contribution in [0.3, 0.4) is 0 Å². The van der Waals surface area contributed by atoms with Crippen molar-refractivity contribution in [2.24, 2.45) is 0 Å². The molecular formula is C8H18N2O. The molecule has 0 radical (unpaired) electrons. The summed E-state index contributed by atoms with van der Waals surface area (Å²) in [5.41, 5.74) is 3.68. The van der Waals surface area contributed by atoms with Gasteiger partial charge in [0.15, 0.2) is 0 Å². The summed E-state index contributed by atoms with van der Waals surface area (Å²) in [6.45, 7) is 4.57. The van der Waals surface area contributed by atoms with Gasteiger partial charge in [-0.05, 0) is 6.42 Å². The Balaban J connectivity index is 0.000000187. The minimum atomic E-state index is 0.218. The number of hydrogen-bond acceptors (Lipinski definition) is 2. The van der Waals surface area contributed by atoms with Gasteiger partial charge in [0, 0.05) is 13.1 Å². The van der Waals surface area contributed by atoms with Gasteiger partial charge >= 0.3 is 0 Å². The second-order valence-electron chi connectivity index (χ2n) is 2.51. The fourth-order valence-corrected chi connectivity index (χ4v) is 0.704. The van der Waals surface area contributed by atoms with Gasteiger partial charge in [-0.15, -0.1) is 5.76 Å². The summed E-state index contributed by atoms with van der Waals surface area (Å²) >= 11 is 0. The number of rotatable bonds is 2. The van der Waals surface area contributed by atoms with E-state index >= 15 is 0 Å². The van der Waals surface area contributed by atoms with Crippen LogP contribution in [0.1, 0.15) is 19.8 Å². The molecule has 0 atom stereocenters. The first-order valence-corrected chi connectivity index (χ1v) is 4.17. The van der Waals surface area contributed by atoms with Crippen LogP contribution in [0.5, 0.6) is 0 Å². The van der Waals surface area contributed by atoms with Gasteiger partial charge in [-0.25, -0.2) is 0 Å². The fraction of sp³-hybridized carbons (Fsp3) is 0.750. The summed E-state index contributed by atoms with van der Waals surface area (Å²) in [6, 6.07) is 0. The summed E-state index contributed by atoms with van der Waals surface area (Å²) in [6.07, 6.45) is 4.21. The average molecular weight is 158 g/mol. The normalized spacial score (nSPS) is 15.3. The molecule has 1 aliphatic heterocycles. The monoisotopic (exact) mass is 158 g/mol. The first-order chi connectivity index (χ1) is 5.31. The van der Waals surface area contributed by atoms with Crippen LogP contribution in [-0.4, -0.2) is 19.6 Å². The van der Waals surface area contributed by atoms with Crippen molar-refractivity contribution in [1.29, 1.82) is 0 Å². The molecule has 0 aromatic rings. The van der Waals surface area contributed by atoms with E-state index in [1.807, 2.05) is 0 Å². The van der Waals surface area contributed by atoms with Crippen LogP contribution in [0.2, 0.25) is 0 Å². The van der Waals surface area contributed by atoms with Gasteiger partial charge in [-0.1, -0.05) is 19.4 Å². The first-order valence-electron chi connectivity index (χ1n) is 4.17. The highest BCUT2D eigenvalue weighted by Gasteiger charge is 1.87. The van der Waals surface area contributed by atoms with Gasteiger partial charge in [-0.2, -0.15) is 0 Å². The highest BCUT2D eigenvalue weighted by molar-refractivity contribution is 4.99. The molecule has 0 amide bonds. The molecule has 0 fully saturated rings. The molecule has 1 aliphatic rings. The zero-order valence-electron chi connectivity index (χ0n) is 7.23. The van der Waals surface area contributed by atoms with Gasteiger partial charge in [0.2, 0.25) is 0 Å². The summed E-state index contributed by atoms with van der Waals surface area (Å²) in [5.74, 6) is 0.218. The summed E-state index contributed by atoms with van der Waals surface area (Å²) < 4.78 is 0. The average Bonchev–Trinajstić information content (AvgIpc) is 2.43. The van der Waals surface area contributed by atoms with Crippen LogP contribution in [0.4, 0.5) is 0 Å². The van der Waals surface area contributed by atoms with E-state index < -0.39 is 0 Å². The predicted octanol–water partition coefficient (Wildman–Crippen LogP) is -1.14. The highest BCUT2D eigenvalue weighted by atomic mass is 16.3.